The Morgan fingerprint density at radius 3 is 2.38 bits per heavy atom. The number of para-hydroxylation sites is 1. The number of esters is 1. The number of hydrogen-bond acceptors (Lipinski definition) is 4. The number of amides is 2. The first-order chi connectivity index (χ1) is 9.91. The van der Waals surface area contributed by atoms with Crippen LogP contribution in [0.4, 0.5) is 10.5 Å². The summed E-state index contributed by atoms with van der Waals surface area (Å²) < 4.78 is 5.07. The number of carbonyl (C=O) groups is 2. The van der Waals surface area contributed by atoms with E-state index >= 15 is 0 Å². The summed E-state index contributed by atoms with van der Waals surface area (Å²) >= 11 is 0. The number of carbonyl (C=O) groups excluding carboxylic acids is 2. The van der Waals surface area contributed by atoms with Crippen molar-refractivity contribution in [2.24, 2.45) is 5.41 Å². The molecule has 0 bridgehead atoms. The Hall–Kier alpha value is -2.24. The van der Waals surface area contributed by atoms with Crippen molar-refractivity contribution in [3.8, 4) is 0 Å². The predicted octanol–water partition coefficient (Wildman–Crippen LogP) is 2.04. The van der Waals surface area contributed by atoms with Gasteiger partial charge in [-0.3, -0.25) is 10.9 Å². The van der Waals surface area contributed by atoms with E-state index < -0.39 is 11.6 Å². The summed E-state index contributed by atoms with van der Waals surface area (Å²) in [6, 6.07) is 8.77. The highest BCUT2D eigenvalue weighted by molar-refractivity contribution is 5.92. The molecule has 1 atom stereocenters. The van der Waals surface area contributed by atoms with Crippen LogP contribution in [0.5, 0.6) is 0 Å². The molecule has 3 N–H and O–H groups in total. The number of rotatable bonds is 5. The van der Waals surface area contributed by atoms with E-state index in [9.17, 15) is 9.59 Å². The predicted molar refractivity (Wildman–Crippen MR) is 79.5 cm³/mol. The van der Waals surface area contributed by atoms with Crippen molar-refractivity contribution in [2.45, 2.75) is 32.7 Å². The van der Waals surface area contributed by atoms with Gasteiger partial charge in [-0.05, 0) is 25.5 Å². The molecule has 2 rings (SSSR count). The zero-order valence-corrected chi connectivity index (χ0v) is 12.5. The van der Waals surface area contributed by atoms with E-state index in [4.69, 9.17) is 4.74 Å². The topological polar surface area (TPSA) is 79.5 Å². The molecule has 1 unspecified atom stereocenters. The van der Waals surface area contributed by atoms with Gasteiger partial charge in [-0.2, -0.15) is 0 Å². The van der Waals surface area contributed by atoms with E-state index in [0.29, 0.717) is 13.0 Å². The van der Waals surface area contributed by atoms with E-state index in [1.165, 1.54) is 0 Å². The maximum Gasteiger partial charge on any atom is 0.334 e. The van der Waals surface area contributed by atoms with Crippen molar-refractivity contribution < 1.29 is 14.3 Å². The van der Waals surface area contributed by atoms with Crippen LogP contribution in [0.25, 0.3) is 0 Å². The number of benzene rings is 1. The van der Waals surface area contributed by atoms with Crippen LogP contribution in [0.1, 0.15) is 27.2 Å². The van der Waals surface area contributed by atoms with Crippen molar-refractivity contribution in [3.63, 3.8) is 0 Å². The number of hydrogen-bond donors (Lipinski definition) is 3. The monoisotopic (exact) mass is 291 g/mol. The lowest BCUT2D eigenvalue weighted by Gasteiger charge is -2.21. The van der Waals surface area contributed by atoms with Gasteiger partial charge < -0.3 is 10.1 Å². The van der Waals surface area contributed by atoms with Gasteiger partial charge in [-0.25, -0.2) is 9.59 Å². The van der Waals surface area contributed by atoms with Gasteiger partial charge in [0.2, 0.25) is 0 Å². The highest BCUT2D eigenvalue weighted by Crippen LogP contribution is 2.56. The lowest BCUT2D eigenvalue weighted by atomic mass is 10.1. The summed E-state index contributed by atoms with van der Waals surface area (Å²) in [5.41, 5.74) is 4.82. The average molecular weight is 291 g/mol. The number of urea groups is 1. The van der Waals surface area contributed by atoms with Crippen LogP contribution >= 0.6 is 0 Å². The molecule has 21 heavy (non-hydrogen) atoms. The number of anilines is 1. The Morgan fingerprint density at radius 1 is 1.24 bits per heavy atom. The van der Waals surface area contributed by atoms with Crippen molar-refractivity contribution in [1.82, 2.24) is 10.7 Å². The second-order valence-corrected chi connectivity index (χ2v) is 5.76. The Balaban J connectivity index is 1.93. The SMILES string of the molecule is CCOC(=O)C1(NC(=O)NNc2ccccc2)CC1(C)C. The molecule has 1 aliphatic carbocycles. The van der Waals surface area contributed by atoms with E-state index in [2.05, 4.69) is 16.2 Å². The van der Waals surface area contributed by atoms with E-state index in [0.717, 1.165) is 5.69 Å². The highest BCUT2D eigenvalue weighted by Gasteiger charge is 2.68. The summed E-state index contributed by atoms with van der Waals surface area (Å²) in [4.78, 5) is 24.0. The van der Waals surface area contributed by atoms with Gasteiger partial charge in [0, 0.05) is 5.41 Å². The highest BCUT2D eigenvalue weighted by atomic mass is 16.5. The van der Waals surface area contributed by atoms with Crippen LogP contribution in [-0.4, -0.2) is 24.1 Å². The first kappa shape index (κ1) is 15.2. The lowest BCUT2D eigenvalue weighted by Crippen LogP contribution is -2.52. The maximum absolute atomic E-state index is 12.1. The second-order valence-electron chi connectivity index (χ2n) is 5.76. The summed E-state index contributed by atoms with van der Waals surface area (Å²) in [5.74, 6) is -0.384. The summed E-state index contributed by atoms with van der Waals surface area (Å²) in [5, 5.41) is 2.73. The van der Waals surface area contributed by atoms with Crippen LogP contribution < -0.4 is 16.2 Å². The van der Waals surface area contributed by atoms with E-state index in [1.807, 2.05) is 44.2 Å². The summed E-state index contributed by atoms with van der Waals surface area (Å²) in [6.07, 6.45) is 0.567. The normalized spacial score (nSPS) is 22.0. The number of nitrogens with one attached hydrogen (secondary N) is 3. The molecular formula is C15H21N3O3. The minimum Gasteiger partial charge on any atom is -0.464 e. The molecule has 6 heteroatoms. The average Bonchev–Trinajstić information content (AvgIpc) is 3.00. The smallest absolute Gasteiger partial charge is 0.334 e. The minimum absolute atomic E-state index is 0.294. The summed E-state index contributed by atoms with van der Waals surface area (Å²) in [7, 11) is 0. The van der Waals surface area contributed by atoms with Crippen LogP contribution in [0.3, 0.4) is 0 Å². The first-order valence-electron chi connectivity index (χ1n) is 6.98. The molecule has 1 aromatic carbocycles. The third-order valence-electron chi connectivity index (χ3n) is 3.78. The largest absolute Gasteiger partial charge is 0.464 e. The van der Waals surface area contributed by atoms with Gasteiger partial charge in [-0.1, -0.05) is 32.0 Å². The van der Waals surface area contributed by atoms with Crippen molar-refractivity contribution in [2.75, 3.05) is 12.0 Å². The standard InChI is InChI=1S/C15H21N3O3/c1-4-21-12(19)15(10-14(15,2)3)16-13(20)18-17-11-8-6-5-7-9-11/h5-9,17H,4,10H2,1-3H3,(H2,16,18,20). The van der Waals surface area contributed by atoms with Gasteiger partial charge in [0.05, 0.1) is 12.3 Å². The molecule has 0 aliphatic heterocycles. The van der Waals surface area contributed by atoms with Gasteiger partial charge in [0.15, 0.2) is 0 Å². The molecular weight excluding hydrogens is 270 g/mol. The van der Waals surface area contributed by atoms with Gasteiger partial charge in [0.25, 0.3) is 0 Å². The Bertz CT molecular complexity index is 530. The summed E-state index contributed by atoms with van der Waals surface area (Å²) in [6.45, 7) is 5.89. The van der Waals surface area contributed by atoms with Crippen LogP contribution in [0.2, 0.25) is 0 Å². The Morgan fingerprint density at radius 2 is 1.86 bits per heavy atom. The van der Waals surface area contributed by atoms with E-state index in [1.54, 1.807) is 6.92 Å². The molecule has 0 spiro atoms. The number of hydrazine groups is 1. The van der Waals surface area contributed by atoms with Crippen molar-refractivity contribution in [1.29, 1.82) is 0 Å². The fourth-order valence-electron chi connectivity index (χ4n) is 2.36. The fraction of sp³-hybridized carbons (Fsp3) is 0.467. The third kappa shape index (κ3) is 3.09. The Kier molecular flexibility index (Phi) is 4.06. The van der Waals surface area contributed by atoms with Gasteiger partial charge in [0.1, 0.15) is 5.54 Å². The third-order valence-corrected chi connectivity index (χ3v) is 3.78. The van der Waals surface area contributed by atoms with Gasteiger partial charge in [-0.15, -0.1) is 0 Å². The zero-order chi connectivity index (χ0) is 15.5. The van der Waals surface area contributed by atoms with Crippen LogP contribution in [0, 0.1) is 5.41 Å². The fourth-order valence-corrected chi connectivity index (χ4v) is 2.36. The minimum atomic E-state index is -0.939. The molecule has 2 amide bonds. The molecule has 1 saturated carbocycles. The first-order valence-corrected chi connectivity index (χ1v) is 6.98. The van der Waals surface area contributed by atoms with Crippen molar-refractivity contribution in [3.05, 3.63) is 30.3 Å². The molecule has 0 aromatic heterocycles. The van der Waals surface area contributed by atoms with Gasteiger partial charge >= 0.3 is 12.0 Å². The zero-order valence-electron chi connectivity index (χ0n) is 12.5. The maximum atomic E-state index is 12.1. The van der Waals surface area contributed by atoms with E-state index in [-0.39, 0.29) is 11.4 Å². The number of ether oxygens (including phenoxy) is 1. The molecule has 0 heterocycles. The second kappa shape index (κ2) is 5.63. The molecule has 0 saturated heterocycles. The quantitative estimate of drug-likeness (QED) is 0.573. The molecule has 1 aliphatic rings. The molecule has 114 valence electrons. The van der Waals surface area contributed by atoms with Crippen LogP contribution in [0.15, 0.2) is 30.3 Å². The lowest BCUT2D eigenvalue weighted by molar-refractivity contribution is -0.147. The molecule has 0 radical (unpaired) electrons. The Labute approximate surface area is 124 Å². The van der Waals surface area contributed by atoms with Crippen molar-refractivity contribution >= 4 is 17.7 Å². The molecule has 1 fully saturated rings. The van der Waals surface area contributed by atoms with Crippen LogP contribution in [-0.2, 0) is 9.53 Å². The molecule has 6 nitrogen and oxygen atoms in total. The molecule has 1 aromatic rings.